The highest BCUT2D eigenvalue weighted by molar-refractivity contribution is 7.89. The number of amides is 1. The molecule has 0 aliphatic carbocycles. The second-order valence-corrected chi connectivity index (χ2v) is 7.45. The van der Waals surface area contributed by atoms with E-state index in [4.69, 9.17) is 0 Å². The molecule has 7 nitrogen and oxygen atoms in total. The summed E-state index contributed by atoms with van der Waals surface area (Å²) < 4.78 is 64.4. The number of hydrogen-bond acceptors (Lipinski definition) is 4. The van der Waals surface area contributed by atoms with Crippen LogP contribution in [0.3, 0.4) is 0 Å². The Labute approximate surface area is 141 Å². The van der Waals surface area contributed by atoms with E-state index in [0.717, 1.165) is 4.31 Å². The number of nitrogens with zero attached hydrogens (tertiary/aromatic N) is 3. The molecule has 3 rings (SSSR count). The van der Waals surface area contributed by atoms with Gasteiger partial charge in [-0.3, -0.25) is 9.36 Å². The third-order valence-electron chi connectivity index (χ3n) is 3.72. The molecule has 1 aromatic carbocycles. The minimum Gasteiger partial charge on any atom is -0.342 e. The predicted octanol–water partition coefficient (Wildman–Crippen LogP) is 1.30. The molecule has 0 unspecified atom stereocenters. The quantitative estimate of drug-likeness (QED) is 0.859. The van der Waals surface area contributed by atoms with Crippen LogP contribution < -0.4 is 5.32 Å². The van der Waals surface area contributed by atoms with Crippen LogP contribution in [0.15, 0.2) is 35.5 Å². The molecule has 0 radical (unpaired) electrons. The van der Waals surface area contributed by atoms with Crippen molar-refractivity contribution in [2.45, 2.75) is 17.6 Å². The number of rotatable bonds is 2. The van der Waals surface area contributed by atoms with Crippen molar-refractivity contribution in [2.75, 3.05) is 13.6 Å². The number of imidazole rings is 1. The van der Waals surface area contributed by atoms with Gasteiger partial charge >= 0.3 is 6.18 Å². The maximum Gasteiger partial charge on any atom is 0.405 e. The van der Waals surface area contributed by atoms with Crippen molar-refractivity contribution in [1.29, 1.82) is 0 Å². The first-order valence-corrected chi connectivity index (χ1v) is 8.52. The summed E-state index contributed by atoms with van der Waals surface area (Å²) in [6, 6.07) is 6.13. The number of alkyl halides is 3. The molecule has 0 spiro atoms. The monoisotopic (exact) mass is 374 g/mol. The second-order valence-electron chi connectivity index (χ2n) is 5.44. The van der Waals surface area contributed by atoms with Gasteiger partial charge in [-0.2, -0.15) is 17.5 Å². The van der Waals surface area contributed by atoms with E-state index in [9.17, 15) is 26.4 Å². The highest BCUT2D eigenvalue weighted by Gasteiger charge is 2.34. The first-order valence-electron chi connectivity index (χ1n) is 7.08. The van der Waals surface area contributed by atoms with Gasteiger partial charge in [-0.1, -0.05) is 12.1 Å². The van der Waals surface area contributed by atoms with Crippen LogP contribution in [0.5, 0.6) is 0 Å². The number of aromatic nitrogens is 2. The van der Waals surface area contributed by atoms with Crippen LogP contribution in [0.4, 0.5) is 13.2 Å². The Hall–Kier alpha value is -2.40. The van der Waals surface area contributed by atoms with Crippen molar-refractivity contribution in [3.8, 4) is 5.69 Å². The number of carbonyl (C=O) groups excluding carboxylic acids is 1. The van der Waals surface area contributed by atoms with Crippen LogP contribution in [0.1, 0.15) is 16.2 Å². The van der Waals surface area contributed by atoms with Gasteiger partial charge in [0.05, 0.1) is 17.9 Å². The molecule has 0 saturated heterocycles. The minimum atomic E-state index is -4.56. The topological polar surface area (TPSA) is 84.3 Å². The Morgan fingerprint density at radius 3 is 2.68 bits per heavy atom. The van der Waals surface area contributed by atoms with Crippen molar-refractivity contribution in [3.63, 3.8) is 0 Å². The van der Waals surface area contributed by atoms with E-state index in [1.54, 1.807) is 17.4 Å². The lowest BCUT2D eigenvalue weighted by Gasteiger charge is -2.14. The van der Waals surface area contributed by atoms with Crippen LogP contribution in [-0.2, 0) is 16.6 Å². The van der Waals surface area contributed by atoms with Gasteiger partial charge in [0.2, 0.25) is 10.0 Å². The fourth-order valence-electron chi connectivity index (χ4n) is 2.52. The molecule has 0 saturated carbocycles. The maximum absolute atomic E-state index is 12.6. The lowest BCUT2D eigenvalue weighted by atomic mass is 10.2. The summed E-state index contributed by atoms with van der Waals surface area (Å²) in [6.07, 6.45) is -3.33. The van der Waals surface area contributed by atoms with Crippen molar-refractivity contribution in [2.24, 2.45) is 0 Å². The van der Waals surface area contributed by atoms with Crippen molar-refractivity contribution < 1.29 is 26.4 Å². The smallest absolute Gasteiger partial charge is 0.342 e. The summed E-state index contributed by atoms with van der Waals surface area (Å²) in [7, 11) is -2.47. The fraction of sp³-hybridized carbons (Fsp3) is 0.286. The molecule has 25 heavy (non-hydrogen) atoms. The summed E-state index contributed by atoms with van der Waals surface area (Å²) in [5.74, 6) is -1.02. The zero-order valence-electron chi connectivity index (χ0n) is 12.9. The van der Waals surface area contributed by atoms with Gasteiger partial charge in [0.25, 0.3) is 5.91 Å². The van der Waals surface area contributed by atoms with E-state index < -0.39 is 28.7 Å². The van der Waals surface area contributed by atoms with Crippen LogP contribution in [0, 0.1) is 0 Å². The largest absolute Gasteiger partial charge is 0.405 e. The second kappa shape index (κ2) is 5.85. The van der Waals surface area contributed by atoms with E-state index >= 15 is 0 Å². The van der Waals surface area contributed by atoms with Gasteiger partial charge in [-0.15, -0.1) is 0 Å². The summed E-state index contributed by atoms with van der Waals surface area (Å²) in [6.45, 7) is -1.70. The molecule has 1 aliphatic heterocycles. The predicted molar refractivity (Wildman–Crippen MR) is 80.6 cm³/mol. The standard InChI is InChI=1S/C14H13F3N4O3S/c1-20-6-10-12(13(22)18-7-14(15,16)17)19-8-21(10)9-4-2-3-5-11(9)25(20,23)24/h2-5,8H,6-7H2,1H3,(H,18,22). The molecule has 0 bridgehead atoms. The number of halogens is 3. The van der Waals surface area contributed by atoms with Crippen molar-refractivity contribution in [1.82, 2.24) is 19.2 Å². The number of nitrogens with one attached hydrogen (secondary N) is 1. The van der Waals surface area contributed by atoms with Gasteiger partial charge in [0.1, 0.15) is 17.8 Å². The van der Waals surface area contributed by atoms with Gasteiger partial charge in [-0.05, 0) is 12.1 Å². The highest BCUT2D eigenvalue weighted by atomic mass is 32.2. The number of fused-ring (bicyclic) bond motifs is 3. The van der Waals surface area contributed by atoms with Crippen LogP contribution >= 0.6 is 0 Å². The Bertz CT molecular complexity index is 937. The first kappa shape index (κ1) is 17.4. The molecule has 134 valence electrons. The normalized spacial score (nSPS) is 16.6. The van der Waals surface area contributed by atoms with Gasteiger partial charge < -0.3 is 5.32 Å². The number of sulfonamides is 1. The van der Waals surface area contributed by atoms with E-state index in [1.807, 2.05) is 0 Å². The number of benzene rings is 1. The van der Waals surface area contributed by atoms with E-state index in [2.05, 4.69) is 4.98 Å². The molecule has 1 N–H and O–H groups in total. The average molecular weight is 374 g/mol. The third-order valence-corrected chi connectivity index (χ3v) is 5.57. The number of hydrogen-bond donors (Lipinski definition) is 1. The first-order chi connectivity index (χ1) is 11.6. The Balaban J connectivity index is 2.07. The molecule has 11 heteroatoms. The fourth-order valence-corrected chi connectivity index (χ4v) is 3.83. The third kappa shape index (κ3) is 3.12. The molecule has 2 heterocycles. The molecular formula is C14H13F3N4O3S. The summed E-state index contributed by atoms with van der Waals surface area (Å²) >= 11 is 0. The zero-order chi connectivity index (χ0) is 18.4. The lowest BCUT2D eigenvalue weighted by molar-refractivity contribution is -0.123. The van der Waals surface area contributed by atoms with Gasteiger partial charge in [0, 0.05) is 7.05 Å². The minimum absolute atomic E-state index is 0.0240. The molecular weight excluding hydrogens is 361 g/mol. The molecule has 1 aromatic heterocycles. The maximum atomic E-state index is 12.6. The summed E-state index contributed by atoms with van der Waals surface area (Å²) in [5.41, 5.74) is 0.225. The molecule has 0 atom stereocenters. The van der Waals surface area contributed by atoms with Gasteiger partial charge in [0.15, 0.2) is 5.69 Å². The summed E-state index contributed by atoms with van der Waals surface area (Å²) in [4.78, 5) is 16.0. The van der Waals surface area contributed by atoms with Crippen LogP contribution in [0.25, 0.3) is 5.69 Å². The van der Waals surface area contributed by atoms with E-state index in [-0.39, 0.29) is 28.5 Å². The summed E-state index contributed by atoms with van der Waals surface area (Å²) in [5, 5.41) is 1.75. The van der Waals surface area contributed by atoms with Gasteiger partial charge in [-0.25, -0.2) is 13.4 Å². The molecule has 2 aromatic rings. The number of para-hydroxylation sites is 1. The average Bonchev–Trinajstić information content (AvgIpc) is 2.92. The van der Waals surface area contributed by atoms with E-state index in [0.29, 0.717) is 0 Å². The molecule has 1 amide bonds. The SMILES string of the molecule is CN1Cc2c(C(=O)NCC(F)(F)F)ncn2-c2ccccc2S1(=O)=O. The Morgan fingerprint density at radius 1 is 1.32 bits per heavy atom. The molecule has 1 aliphatic rings. The highest BCUT2D eigenvalue weighted by Crippen LogP contribution is 2.30. The van der Waals surface area contributed by atoms with Crippen molar-refractivity contribution >= 4 is 15.9 Å². The zero-order valence-corrected chi connectivity index (χ0v) is 13.7. The van der Waals surface area contributed by atoms with Crippen molar-refractivity contribution in [3.05, 3.63) is 42.0 Å². The Kier molecular flexibility index (Phi) is 4.07. The van der Waals surface area contributed by atoms with E-state index in [1.165, 1.54) is 30.1 Å². The molecule has 0 fully saturated rings. The van der Waals surface area contributed by atoms with Crippen LogP contribution in [0.2, 0.25) is 0 Å². The lowest BCUT2D eigenvalue weighted by Crippen LogP contribution is -2.35. The Morgan fingerprint density at radius 2 is 2.00 bits per heavy atom. The van der Waals surface area contributed by atoms with Crippen LogP contribution in [-0.4, -0.2) is 47.9 Å². The number of carbonyl (C=O) groups is 1.